The van der Waals surface area contributed by atoms with Crippen molar-refractivity contribution >= 4 is 27.0 Å². The molecule has 8 nitrogen and oxygen atoms in total. The largest absolute Gasteiger partial charge is 0.337 e. The van der Waals surface area contributed by atoms with Gasteiger partial charge in [0.25, 0.3) is 5.56 Å². The summed E-state index contributed by atoms with van der Waals surface area (Å²) in [6.45, 7) is 2.11. The van der Waals surface area contributed by atoms with Crippen molar-refractivity contribution in [3.05, 3.63) is 87.3 Å². The Morgan fingerprint density at radius 2 is 1.90 bits per heavy atom. The quantitative estimate of drug-likeness (QED) is 0.403. The summed E-state index contributed by atoms with van der Waals surface area (Å²) in [5, 5.41) is 8.79. The lowest BCUT2D eigenvalue weighted by Crippen LogP contribution is -2.21. The third-order valence-corrected chi connectivity index (χ3v) is 5.31. The van der Waals surface area contributed by atoms with Crippen molar-refractivity contribution in [3.8, 4) is 17.1 Å². The van der Waals surface area contributed by atoms with Crippen molar-refractivity contribution in [2.45, 2.75) is 13.5 Å². The zero-order chi connectivity index (χ0) is 20.7. The number of rotatable bonds is 4. The molecule has 0 amide bonds. The number of nitrogens with zero attached hydrogens (tertiary/aromatic N) is 6. The number of hydrogen-bond acceptors (Lipinski definition) is 6. The number of hydrogen-bond donors (Lipinski definition) is 0. The molecular weight excluding hydrogens is 448 g/mol. The molecule has 0 bridgehead atoms. The molecule has 0 saturated heterocycles. The summed E-state index contributed by atoms with van der Waals surface area (Å²) in [4.78, 5) is 21.8. The topological polar surface area (TPSA) is 91.6 Å². The van der Waals surface area contributed by atoms with Gasteiger partial charge in [0.05, 0.1) is 11.9 Å². The Labute approximate surface area is 178 Å². The van der Waals surface area contributed by atoms with Gasteiger partial charge in [0, 0.05) is 10.0 Å². The lowest BCUT2D eigenvalue weighted by molar-refractivity contribution is 0.369. The van der Waals surface area contributed by atoms with Gasteiger partial charge in [-0.1, -0.05) is 45.4 Å². The molecule has 0 spiro atoms. The predicted molar refractivity (Wildman–Crippen MR) is 114 cm³/mol. The van der Waals surface area contributed by atoms with Gasteiger partial charge in [-0.05, 0) is 36.8 Å². The van der Waals surface area contributed by atoms with E-state index in [1.165, 1.54) is 17.1 Å². The van der Waals surface area contributed by atoms with Gasteiger partial charge < -0.3 is 4.52 Å². The highest BCUT2D eigenvalue weighted by atomic mass is 79.9. The lowest BCUT2D eigenvalue weighted by atomic mass is 10.1. The highest BCUT2D eigenvalue weighted by Gasteiger charge is 2.15. The molecule has 30 heavy (non-hydrogen) atoms. The lowest BCUT2D eigenvalue weighted by Gasteiger charge is -2.04. The monoisotopic (exact) mass is 462 g/mol. The molecule has 0 saturated carbocycles. The van der Waals surface area contributed by atoms with E-state index in [4.69, 9.17) is 4.52 Å². The number of benzene rings is 2. The molecule has 0 aliphatic heterocycles. The second kappa shape index (κ2) is 7.34. The van der Waals surface area contributed by atoms with Crippen molar-refractivity contribution in [2.24, 2.45) is 0 Å². The maximum absolute atomic E-state index is 12.9. The molecular formula is C21H15BrN6O2. The van der Waals surface area contributed by atoms with Crippen LogP contribution in [0, 0.1) is 6.92 Å². The van der Waals surface area contributed by atoms with Crippen molar-refractivity contribution in [2.75, 3.05) is 0 Å². The molecule has 5 aromatic rings. The summed E-state index contributed by atoms with van der Waals surface area (Å²) >= 11 is 3.41. The first-order valence-electron chi connectivity index (χ1n) is 9.18. The highest BCUT2D eigenvalue weighted by molar-refractivity contribution is 9.10. The first kappa shape index (κ1) is 18.4. The van der Waals surface area contributed by atoms with E-state index in [0.717, 1.165) is 21.3 Å². The van der Waals surface area contributed by atoms with Crippen molar-refractivity contribution in [3.63, 3.8) is 0 Å². The van der Waals surface area contributed by atoms with Crippen molar-refractivity contribution in [1.82, 2.24) is 29.5 Å². The number of aromatic nitrogens is 6. The Kier molecular flexibility index (Phi) is 4.51. The summed E-state index contributed by atoms with van der Waals surface area (Å²) in [5.41, 5.74) is 3.02. The molecule has 0 aliphatic rings. The number of halogens is 1. The van der Waals surface area contributed by atoms with Gasteiger partial charge in [-0.15, -0.1) is 0 Å². The van der Waals surface area contributed by atoms with Crippen LogP contribution in [0.15, 0.2) is 74.8 Å². The molecule has 3 heterocycles. The van der Waals surface area contributed by atoms with Gasteiger partial charge in [-0.25, -0.2) is 9.67 Å². The zero-order valence-corrected chi connectivity index (χ0v) is 17.4. The molecule has 0 aliphatic carbocycles. The second-order valence-corrected chi connectivity index (χ2v) is 7.69. The first-order chi connectivity index (χ1) is 14.6. The first-order valence-corrected chi connectivity index (χ1v) is 9.97. The van der Waals surface area contributed by atoms with E-state index in [1.54, 1.807) is 4.68 Å². The van der Waals surface area contributed by atoms with Gasteiger partial charge >= 0.3 is 0 Å². The number of aryl methyl sites for hydroxylation is 1. The van der Waals surface area contributed by atoms with E-state index in [1.807, 2.05) is 55.5 Å². The average molecular weight is 463 g/mol. The molecule has 0 atom stereocenters. The van der Waals surface area contributed by atoms with Crippen LogP contribution in [0.3, 0.4) is 0 Å². The van der Waals surface area contributed by atoms with E-state index >= 15 is 0 Å². The normalized spacial score (nSPS) is 11.3. The van der Waals surface area contributed by atoms with E-state index in [2.05, 4.69) is 36.2 Å². The SMILES string of the molecule is Cc1ccccc1-c1noc(Cn2cnc3c(cnn3-c3ccc(Br)cc3)c2=O)n1. The Balaban J connectivity index is 1.48. The molecule has 5 rings (SSSR count). The van der Waals surface area contributed by atoms with Crippen LogP contribution in [-0.4, -0.2) is 29.5 Å². The molecule has 3 aromatic heterocycles. The highest BCUT2D eigenvalue weighted by Crippen LogP contribution is 2.20. The van der Waals surface area contributed by atoms with Crippen LogP contribution < -0.4 is 5.56 Å². The van der Waals surface area contributed by atoms with Crippen LogP contribution in [0.2, 0.25) is 0 Å². The van der Waals surface area contributed by atoms with Crippen molar-refractivity contribution in [1.29, 1.82) is 0 Å². The number of fused-ring (bicyclic) bond motifs is 1. The van der Waals surface area contributed by atoms with Crippen LogP contribution in [0.5, 0.6) is 0 Å². The minimum Gasteiger partial charge on any atom is -0.337 e. The molecule has 148 valence electrons. The van der Waals surface area contributed by atoms with Crippen LogP contribution >= 0.6 is 15.9 Å². The van der Waals surface area contributed by atoms with Gasteiger partial charge in [0.1, 0.15) is 18.3 Å². The molecule has 0 radical (unpaired) electrons. The Morgan fingerprint density at radius 3 is 2.70 bits per heavy atom. The third kappa shape index (κ3) is 3.22. The zero-order valence-electron chi connectivity index (χ0n) is 15.9. The minimum atomic E-state index is -0.223. The maximum atomic E-state index is 12.9. The van der Waals surface area contributed by atoms with Crippen LogP contribution in [-0.2, 0) is 6.54 Å². The van der Waals surface area contributed by atoms with Gasteiger partial charge in [-0.3, -0.25) is 9.36 Å². The second-order valence-electron chi connectivity index (χ2n) is 6.77. The third-order valence-electron chi connectivity index (χ3n) is 4.79. The van der Waals surface area contributed by atoms with E-state index < -0.39 is 0 Å². The fourth-order valence-corrected chi connectivity index (χ4v) is 3.49. The smallest absolute Gasteiger partial charge is 0.264 e. The Morgan fingerprint density at radius 1 is 1.10 bits per heavy atom. The summed E-state index contributed by atoms with van der Waals surface area (Å²) in [7, 11) is 0. The van der Waals surface area contributed by atoms with Gasteiger partial charge in [0.2, 0.25) is 11.7 Å². The van der Waals surface area contributed by atoms with Crippen LogP contribution in [0.25, 0.3) is 28.1 Å². The summed E-state index contributed by atoms with van der Waals surface area (Å²) < 4.78 is 9.39. The van der Waals surface area contributed by atoms with Crippen molar-refractivity contribution < 1.29 is 4.52 Å². The molecule has 0 N–H and O–H groups in total. The minimum absolute atomic E-state index is 0.129. The summed E-state index contributed by atoms with van der Waals surface area (Å²) in [6, 6.07) is 15.4. The van der Waals surface area contributed by atoms with E-state index in [0.29, 0.717) is 22.7 Å². The van der Waals surface area contributed by atoms with E-state index in [-0.39, 0.29) is 12.1 Å². The molecule has 0 fully saturated rings. The predicted octanol–water partition coefficient (Wildman–Crippen LogP) is 3.75. The maximum Gasteiger partial charge on any atom is 0.264 e. The standard InChI is InChI=1S/C21H15BrN6O2/c1-13-4-2-3-5-16(13)19-25-18(30-26-19)11-27-12-23-20-17(21(27)29)10-24-28(20)15-8-6-14(22)7-9-15/h2-10,12H,11H2,1H3. The molecule has 9 heteroatoms. The summed E-state index contributed by atoms with van der Waals surface area (Å²) in [6.07, 6.45) is 3.00. The fourth-order valence-electron chi connectivity index (χ4n) is 3.23. The van der Waals surface area contributed by atoms with Gasteiger partial charge in [0.15, 0.2) is 5.65 Å². The summed E-state index contributed by atoms with van der Waals surface area (Å²) in [5.74, 6) is 0.824. The Hall–Kier alpha value is -3.59. The Bertz CT molecular complexity index is 1420. The molecule has 0 unspecified atom stereocenters. The van der Waals surface area contributed by atoms with E-state index in [9.17, 15) is 4.79 Å². The van der Waals surface area contributed by atoms with Crippen LogP contribution in [0.1, 0.15) is 11.5 Å². The average Bonchev–Trinajstić information content (AvgIpc) is 3.39. The van der Waals surface area contributed by atoms with Crippen LogP contribution in [0.4, 0.5) is 0 Å². The fraction of sp³-hybridized carbons (Fsp3) is 0.0952. The molecule has 2 aromatic carbocycles. The van der Waals surface area contributed by atoms with Gasteiger partial charge in [-0.2, -0.15) is 10.1 Å².